The second kappa shape index (κ2) is 6.58. The van der Waals surface area contributed by atoms with Crippen molar-refractivity contribution in [3.05, 3.63) is 54.1 Å². The van der Waals surface area contributed by atoms with Crippen LogP contribution < -0.4 is 14.6 Å². The summed E-state index contributed by atoms with van der Waals surface area (Å²) < 4.78 is 1.15. The maximum atomic E-state index is 12.4. The molecule has 0 atom stereocenters. The van der Waals surface area contributed by atoms with Gasteiger partial charge < -0.3 is 0 Å². The molecule has 105 valence electrons. The predicted octanol–water partition coefficient (Wildman–Crippen LogP) is 1.72. The van der Waals surface area contributed by atoms with E-state index in [-0.39, 0.29) is 11.8 Å². The molecular weight excluding hydrogens is 325 g/mol. The van der Waals surface area contributed by atoms with Crippen LogP contribution in [0.4, 0.5) is 11.4 Å². The summed E-state index contributed by atoms with van der Waals surface area (Å²) in [4.78, 5) is 25.0. The molecule has 0 saturated heterocycles. The van der Waals surface area contributed by atoms with Crippen LogP contribution in [0.3, 0.4) is 0 Å². The number of amides is 2. The van der Waals surface area contributed by atoms with Gasteiger partial charge in [0.15, 0.2) is 0 Å². The van der Waals surface area contributed by atoms with E-state index in [1.807, 2.05) is 40.8 Å². The van der Waals surface area contributed by atoms with E-state index in [0.717, 1.165) is 10.1 Å². The first-order valence-electron chi connectivity index (χ1n) is 6.45. The third-order valence-corrected chi connectivity index (χ3v) is 3.71. The number of nitrogens with zero attached hydrogens (tertiary/aromatic N) is 1. The van der Waals surface area contributed by atoms with E-state index in [4.69, 9.17) is 0 Å². The van der Waals surface area contributed by atoms with Crippen LogP contribution in [0.5, 0.6) is 0 Å². The van der Waals surface area contributed by atoms with Gasteiger partial charge in [-0.05, 0) is 0 Å². The molecule has 5 heteroatoms. The number of benzene rings is 2. The Balaban J connectivity index is 2.15. The Labute approximate surface area is 132 Å². The summed E-state index contributed by atoms with van der Waals surface area (Å²) in [5.74, 6) is -0.223. The van der Waals surface area contributed by atoms with Crippen molar-refractivity contribution in [2.24, 2.45) is 0 Å². The summed E-state index contributed by atoms with van der Waals surface area (Å²) in [6, 6.07) is 14.6. The van der Waals surface area contributed by atoms with Crippen molar-refractivity contribution in [2.75, 3.05) is 17.3 Å². The van der Waals surface area contributed by atoms with Crippen LogP contribution in [-0.4, -0.2) is 35.4 Å². The van der Waals surface area contributed by atoms with E-state index in [2.05, 4.69) is 5.32 Å². The zero-order valence-electron chi connectivity index (χ0n) is 11.9. The molecule has 4 nitrogen and oxygen atoms in total. The molecule has 2 aromatic rings. The van der Waals surface area contributed by atoms with Crippen LogP contribution in [0.1, 0.15) is 17.3 Å². The Hall–Kier alpha value is -2.08. The molecule has 0 aliphatic rings. The van der Waals surface area contributed by atoms with E-state index in [0.29, 0.717) is 11.3 Å². The molecule has 0 aliphatic heterocycles. The Morgan fingerprint density at radius 3 is 2.10 bits per heavy atom. The van der Waals surface area contributed by atoms with Crippen LogP contribution in [-0.2, 0) is 4.79 Å². The molecule has 3 radical (unpaired) electrons. The first kappa shape index (κ1) is 15.3. The summed E-state index contributed by atoms with van der Waals surface area (Å²) in [6.45, 7) is 1.45. The summed E-state index contributed by atoms with van der Waals surface area (Å²) >= 11 is 2.01. The molecule has 0 saturated carbocycles. The normalized spacial score (nSPS) is 10.0. The Kier molecular flexibility index (Phi) is 4.80. The van der Waals surface area contributed by atoms with E-state index in [1.54, 1.807) is 36.2 Å². The molecule has 0 unspecified atom stereocenters. The fourth-order valence-corrected chi connectivity index (χ4v) is 2.25. The van der Waals surface area contributed by atoms with Gasteiger partial charge in [-0.3, -0.25) is 4.79 Å². The first-order valence-corrected chi connectivity index (χ1v) is 7.49. The zero-order chi connectivity index (χ0) is 15.4. The van der Waals surface area contributed by atoms with Crippen molar-refractivity contribution >= 4 is 44.1 Å². The van der Waals surface area contributed by atoms with Crippen LogP contribution in [0, 0.1) is 0 Å². The van der Waals surface area contributed by atoms with Crippen molar-refractivity contribution in [2.45, 2.75) is 6.92 Å². The summed E-state index contributed by atoms with van der Waals surface area (Å²) in [5, 5.41) is 2.67. The third-order valence-electron chi connectivity index (χ3n) is 3.01. The quantitative estimate of drug-likeness (QED) is 0.865. The minimum atomic E-state index is -0.133. The molecular formula is C16H15GeN2O2. The summed E-state index contributed by atoms with van der Waals surface area (Å²) in [7, 11) is 1.74. The Morgan fingerprint density at radius 1 is 1.00 bits per heavy atom. The fraction of sp³-hybridized carbons (Fsp3) is 0.125. The van der Waals surface area contributed by atoms with Gasteiger partial charge >= 0.3 is 120 Å². The molecule has 2 amide bonds. The van der Waals surface area contributed by atoms with E-state index in [9.17, 15) is 9.59 Å². The second-order valence-corrected chi connectivity index (χ2v) is 5.88. The van der Waals surface area contributed by atoms with Gasteiger partial charge in [-0.2, -0.15) is 0 Å². The molecule has 1 N–H and O–H groups in total. The fourth-order valence-electron chi connectivity index (χ4n) is 1.90. The van der Waals surface area contributed by atoms with Gasteiger partial charge in [0.1, 0.15) is 0 Å². The number of hydrogen-bond donors (Lipinski definition) is 1. The maximum absolute atomic E-state index is 12.4. The van der Waals surface area contributed by atoms with Crippen molar-refractivity contribution < 1.29 is 9.59 Å². The Bertz CT molecular complexity index is 651. The molecule has 21 heavy (non-hydrogen) atoms. The molecule has 0 spiro atoms. The van der Waals surface area contributed by atoms with Crippen molar-refractivity contribution in [1.29, 1.82) is 0 Å². The standard InChI is InChI=1S/C16H15GeN2O2/c1-11(20)18-14-7-3-12(4-8-14)16(21)19(2)15-9-5-13(17)6-10-15/h3-10H,1-2H3,(H,18,20). The molecule has 2 rings (SSSR count). The van der Waals surface area contributed by atoms with Gasteiger partial charge in [-0.25, -0.2) is 0 Å². The molecule has 2 aromatic carbocycles. The van der Waals surface area contributed by atoms with Crippen LogP contribution in [0.15, 0.2) is 48.5 Å². The third kappa shape index (κ3) is 3.95. The average molecular weight is 340 g/mol. The van der Waals surface area contributed by atoms with Crippen LogP contribution >= 0.6 is 0 Å². The number of hydrogen-bond acceptors (Lipinski definition) is 2. The monoisotopic (exact) mass is 341 g/mol. The molecule has 0 aromatic heterocycles. The topological polar surface area (TPSA) is 49.4 Å². The second-order valence-electron chi connectivity index (χ2n) is 4.67. The van der Waals surface area contributed by atoms with Crippen molar-refractivity contribution in [3.63, 3.8) is 0 Å². The van der Waals surface area contributed by atoms with Crippen LogP contribution in [0.25, 0.3) is 0 Å². The first-order chi connectivity index (χ1) is 9.97. The van der Waals surface area contributed by atoms with Gasteiger partial charge in [0.05, 0.1) is 0 Å². The number of carbonyl (C=O) groups is 2. The predicted molar refractivity (Wildman–Crippen MR) is 85.3 cm³/mol. The SMILES string of the molecule is CC(=O)Nc1ccc(C(=O)N(C)c2cc[c]([Ge])cc2)cc1. The van der Waals surface area contributed by atoms with Crippen molar-refractivity contribution in [3.8, 4) is 0 Å². The molecule has 0 fully saturated rings. The van der Waals surface area contributed by atoms with Crippen molar-refractivity contribution in [1.82, 2.24) is 0 Å². The number of nitrogens with one attached hydrogen (secondary N) is 1. The summed E-state index contributed by atoms with van der Waals surface area (Å²) in [6.07, 6.45) is 0. The Morgan fingerprint density at radius 2 is 1.57 bits per heavy atom. The van der Waals surface area contributed by atoms with Crippen LogP contribution in [0.2, 0.25) is 0 Å². The molecule has 0 bridgehead atoms. The number of rotatable bonds is 3. The number of carbonyl (C=O) groups excluding carboxylic acids is 2. The zero-order valence-corrected chi connectivity index (χ0v) is 14.0. The molecule has 0 aliphatic carbocycles. The summed E-state index contributed by atoms with van der Waals surface area (Å²) in [5.41, 5.74) is 2.10. The van der Waals surface area contributed by atoms with Gasteiger partial charge in [0, 0.05) is 6.92 Å². The minimum absolute atomic E-state index is 0.0896. The van der Waals surface area contributed by atoms with E-state index >= 15 is 0 Å². The van der Waals surface area contributed by atoms with Gasteiger partial charge in [0.25, 0.3) is 0 Å². The van der Waals surface area contributed by atoms with Gasteiger partial charge in [-0.1, -0.05) is 0 Å². The van der Waals surface area contributed by atoms with Gasteiger partial charge in [0.2, 0.25) is 0 Å². The van der Waals surface area contributed by atoms with Gasteiger partial charge in [-0.15, -0.1) is 0 Å². The van der Waals surface area contributed by atoms with E-state index < -0.39 is 0 Å². The molecule has 0 heterocycles. The van der Waals surface area contributed by atoms with E-state index in [1.165, 1.54) is 6.92 Å². The average Bonchev–Trinajstić information content (AvgIpc) is 2.47. The number of anilines is 2.